The summed E-state index contributed by atoms with van der Waals surface area (Å²) in [6.45, 7) is 6.38. The Hall–Kier alpha value is -1.75. The van der Waals surface area contributed by atoms with Gasteiger partial charge in [0.2, 0.25) is 0 Å². The number of ether oxygens (including phenoxy) is 1. The van der Waals surface area contributed by atoms with Crippen LogP contribution in [-0.2, 0) is 6.54 Å². The van der Waals surface area contributed by atoms with E-state index in [1.807, 2.05) is 24.3 Å². The lowest BCUT2D eigenvalue weighted by Gasteiger charge is -2.18. The molecule has 2 N–H and O–H groups in total. The summed E-state index contributed by atoms with van der Waals surface area (Å²) >= 11 is 0. The van der Waals surface area contributed by atoms with Gasteiger partial charge in [0.1, 0.15) is 5.75 Å². The number of hydrogen-bond donors (Lipinski definition) is 2. The molecule has 1 saturated heterocycles. The first-order valence-corrected chi connectivity index (χ1v) is 8.02. The Morgan fingerprint density at radius 3 is 3.05 bits per heavy atom. The molecule has 5 nitrogen and oxygen atoms in total. The van der Waals surface area contributed by atoms with Crippen molar-refractivity contribution in [1.29, 1.82) is 0 Å². The van der Waals surface area contributed by atoms with Crippen molar-refractivity contribution in [1.82, 2.24) is 10.2 Å². The van der Waals surface area contributed by atoms with E-state index in [0.29, 0.717) is 26.2 Å². The molecule has 1 aliphatic heterocycles. The summed E-state index contributed by atoms with van der Waals surface area (Å²) < 4.78 is 5.59. The van der Waals surface area contributed by atoms with Crippen molar-refractivity contribution < 1.29 is 14.6 Å². The number of carbonyl (C=O) groups excluding carboxylic acids is 1. The zero-order valence-corrected chi connectivity index (χ0v) is 13.4. The van der Waals surface area contributed by atoms with E-state index in [0.717, 1.165) is 24.2 Å². The standard InChI is InChI=1S/C17H26N2O3/c1-3-9-22-16-6-4-5-14(10-16)11-18-17(21)19-8-7-15(12-19)13(2)20/h4-6,10,13,15,20H,3,7-9,11-12H2,1-2H3,(H,18,21). The van der Waals surface area contributed by atoms with Gasteiger partial charge >= 0.3 is 6.03 Å². The average Bonchev–Trinajstić information content (AvgIpc) is 3.01. The molecule has 1 aliphatic rings. The molecule has 0 bridgehead atoms. The fraction of sp³-hybridized carbons (Fsp3) is 0.588. The molecule has 0 radical (unpaired) electrons. The predicted octanol–water partition coefficient (Wildman–Crippen LogP) is 2.39. The fourth-order valence-corrected chi connectivity index (χ4v) is 2.62. The Bertz CT molecular complexity index is 491. The molecule has 2 atom stereocenters. The van der Waals surface area contributed by atoms with Crippen molar-refractivity contribution in [2.24, 2.45) is 5.92 Å². The summed E-state index contributed by atoms with van der Waals surface area (Å²) in [7, 11) is 0. The third-order valence-corrected chi connectivity index (χ3v) is 4.01. The molecule has 22 heavy (non-hydrogen) atoms. The minimum absolute atomic E-state index is 0.0666. The minimum atomic E-state index is -0.356. The maximum atomic E-state index is 12.1. The van der Waals surface area contributed by atoms with Crippen LogP contribution in [0.25, 0.3) is 0 Å². The zero-order chi connectivity index (χ0) is 15.9. The number of amides is 2. The number of benzene rings is 1. The molecule has 0 aromatic heterocycles. The number of urea groups is 1. The molecule has 1 fully saturated rings. The lowest BCUT2D eigenvalue weighted by atomic mass is 10.0. The molecule has 5 heteroatoms. The highest BCUT2D eigenvalue weighted by atomic mass is 16.5. The Kier molecular flexibility index (Phi) is 6.07. The number of likely N-dealkylation sites (tertiary alicyclic amines) is 1. The van der Waals surface area contributed by atoms with E-state index in [-0.39, 0.29) is 18.1 Å². The maximum absolute atomic E-state index is 12.1. The Labute approximate surface area is 132 Å². The molecule has 0 saturated carbocycles. The third-order valence-electron chi connectivity index (χ3n) is 4.01. The normalized spacial score (nSPS) is 19.0. The van der Waals surface area contributed by atoms with Gasteiger partial charge in [-0.25, -0.2) is 4.79 Å². The Balaban J connectivity index is 1.81. The number of aliphatic hydroxyl groups excluding tert-OH is 1. The molecule has 2 amide bonds. The zero-order valence-electron chi connectivity index (χ0n) is 13.4. The highest BCUT2D eigenvalue weighted by Crippen LogP contribution is 2.19. The van der Waals surface area contributed by atoms with Crippen LogP contribution in [0.4, 0.5) is 4.79 Å². The van der Waals surface area contributed by atoms with Gasteiger partial charge in [-0.15, -0.1) is 0 Å². The fourth-order valence-electron chi connectivity index (χ4n) is 2.62. The smallest absolute Gasteiger partial charge is 0.317 e. The van der Waals surface area contributed by atoms with E-state index in [4.69, 9.17) is 4.74 Å². The quantitative estimate of drug-likeness (QED) is 0.848. The number of carbonyl (C=O) groups is 1. The molecule has 2 rings (SSSR count). The molecular weight excluding hydrogens is 280 g/mol. The monoisotopic (exact) mass is 306 g/mol. The van der Waals surface area contributed by atoms with Crippen molar-refractivity contribution >= 4 is 6.03 Å². The van der Waals surface area contributed by atoms with Gasteiger partial charge in [-0.3, -0.25) is 0 Å². The van der Waals surface area contributed by atoms with Gasteiger partial charge in [-0.1, -0.05) is 19.1 Å². The van der Waals surface area contributed by atoms with Crippen LogP contribution in [0, 0.1) is 5.92 Å². The summed E-state index contributed by atoms with van der Waals surface area (Å²) in [5, 5.41) is 12.5. The van der Waals surface area contributed by atoms with Gasteiger partial charge in [-0.2, -0.15) is 0 Å². The topological polar surface area (TPSA) is 61.8 Å². The molecule has 0 spiro atoms. The summed E-state index contributed by atoms with van der Waals surface area (Å²) in [5.41, 5.74) is 1.02. The second-order valence-corrected chi connectivity index (χ2v) is 5.89. The van der Waals surface area contributed by atoms with Crippen LogP contribution in [0.3, 0.4) is 0 Å². The molecule has 122 valence electrons. The van der Waals surface area contributed by atoms with Crippen molar-refractivity contribution in [2.45, 2.75) is 39.3 Å². The van der Waals surface area contributed by atoms with Gasteiger partial charge in [0.05, 0.1) is 12.7 Å². The molecular formula is C17H26N2O3. The van der Waals surface area contributed by atoms with Gasteiger partial charge in [0, 0.05) is 25.6 Å². The molecule has 1 heterocycles. The first kappa shape index (κ1) is 16.6. The molecule has 1 aromatic rings. The molecule has 0 aliphatic carbocycles. The van der Waals surface area contributed by atoms with Gasteiger partial charge in [0.15, 0.2) is 0 Å². The largest absolute Gasteiger partial charge is 0.494 e. The predicted molar refractivity (Wildman–Crippen MR) is 85.8 cm³/mol. The van der Waals surface area contributed by atoms with Crippen molar-refractivity contribution in [3.63, 3.8) is 0 Å². The van der Waals surface area contributed by atoms with Crippen molar-refractivity contribution in [3.8, 4) is 5.75 Å². The Morgan fingerprint density at radius 2 is 2.36 bits per heavy atom. The van der Waals surface area contributed by atoms with Gasteiger partial charge < -0.3 is 20.1 Å². The van der Waals surface area contributed by atoms with Crippen molar-refractivity contribution in [2.75, 3.05) is 19.7 Å². The van der Waals surface area contributed by atoms with E-state index in [9.17, 15) is 9.90 Å². The van der Waals surface area contributed by atoms with E-state index in [2.05, 4.69) is 12.2 Å². The van der Waals surface area contributed by atoms with E-state index in [1.165, 1.54) is 0 Å². The average molecular weight is 306 g/mol. The number of aliphatic hydroxyl groups is 1. The highest BCUT2D eigenvalue weighted by molar-refractivity contribution is 5.74. The van der Waals surface area contributed by atoms with E-state index >= 15 is 0 Å². The Morgan fingerprint density at radius 1 is 1.55 bits per heavy atom. The number of nitrogens with one attached hydrogen (secondary N) is 1. The van der Waals surface area contributed by atoms with Gasteiger partial charge in [-0.05, 0) is 37.5 Å². The van der Waals surface area contributed by atoms with Crippen LogP contribution in [0.5, 0.6) is 5.75 Å². The lowest BCUT2D eigenvalue weighted by molar-refractivity contribution is 0.129. The van der Waals surface area contributed by atoms with Crippen LogP contribution in [-0.4, -0.2) is 41.8 Å². The van der Waals surface area contributed by atoms with E-state index in [1.54, 1.807) is 11.8 Å². The van der Waals surface area contributed by atoms with Crippen LogP contribution in [0.15, 0.2) is 24.3 Å². The second-order valence-electron chi connectivity index (χ2n) is 5.89. The number of nitrogens with zero attached hydrogens (tertiary/aromatic N) is 1. The van der Waals surface area contributed by atoms with E-state index < -0.39 is 0 Å². The highest BCUT2D eigenvalue weighted by Gasteiger charge is 2.28. The number of hydrogen-bond acceptors (Lipinski definition) is 3. The van der Waals surface area contributed by atoms with Crippen LogP contribution < -0.4 is 10.1 Å². The summed E-state index contributed by atoms with van der Waals surface area (Å²) in [6, 6.07) is 7.73. The molecule has 1 aromatic carbocycles. The maximum Gasteiger partial charge on any atom is 0.317 e. The van der Waals surface area contributed by atoms with Gasteiger partial charge in [0.25, 0.3) is 0 Å². The second kappa shape index (κ2) is 8.03. The summed E-state index contributed by atoms with van der Waals surface area (Å²) in [5.74, 6) is 1.03. The van der Waals surface area contributed by atoms with Crippen molar-refractivity contribution in [3.05, 3.63) is 29.8 Å². The first-order chi connectivity index (χ1) is 10.6. The van der Waals surface area contributed by atoms with Crippen LogP contribution >= 0.6 is 0 Å². The third kappa shape index (κ3) is 4.63. The summed E-state index contributed by atoms with van der Waals surface area (Å²) in [4.78, 5) is 13.9. The summed E-state index contributed by atoms with van der Waals surface area (Å²) in [6.07, 6.45) is 1.48. The molecule has 2 unspecified atom stereocenters. The lowest BCUT2D eigenvalue weighted by Crippen LogP contribution is -2.38. The number of rotatable bonds is 6. The van der Waals surface area contributed by atoms with Crippen LogP contribution in [0.1, 0.15) is 32.3 Å². The van der Waals surface area contributed by atoms with Crippen LogP contribution in [0.2, 0.25) is 0 Å². The minimum Gasteiger partial charge on any atom is -0.494 e. The first-order valence-electron chi connectivity index (χ1n) is 8.02. The SMILES string of the molecule is CCCOc1cccc(CNC(=O)N2CCC(C(C)O)C2)c1.